The highest BCUT2D eigenvalue weighted by Gasteiger charge is 2.29. The number of aromatic hydroxyl groups is 1. The number of phenols is 1. The van der Waals surface area contributed by atoms with E-state index in [4.69, 9.17) is 11.5 Å². The molecule has 0 saturated carbocycles. The number of hydrogen-bond donors (Lipinski definition) is 9. The minimum absolute atomic E-state index is 0.00590. The molecule has 4 unspecified atom stereocenters. The molecule has 0 heterocycles. The van der Waals surface area contributed by atoms with E-state index < -0.39 is 66.8 Å². The van der Waals surface area contributed by atoms with Crippen LogP contribution in [0.3, 0.4) is 0 Å². The Kier molecular flexibility index (Phi) is 11.1. The number of aliphatic carboxylic acids is 1. The van der Waals surface area contributed by atoms with Crippen LogP contribution in [0.25, 0.3) is 0 Å². The highest BCUT2D eigenvalue weighted by molar-refractivity contribution is 7.80. The lowest BCUT2D eigenvalue weighted by Gasteiger charge is -2.23. The zero-order valence-electron chi connectivity index (χ0n) is 17.4. The van der Waals surface area contributed by atoms with Crippen LogP contribution in [0.5, 0.6) is 5.75 Å². The van der Waals surface area contributed by atoms with Gasteiger partial charge in [0.25, 0.3) is 0 Å². The number of primary amides is 1. The van der Waals surface area contributed by atoms with E-state index in [1.54, 1.807) is 0 Å². The molecule has 0 saturated heterocycles. The van der Waals surface area contributed by atoms with Crippen LogP contribution >= 0.6 is 12.6 Å². The number of carboxylic acids is 1. The molecule has 4 atom stereocenters. The Morgan fingerprint density at radius 1 is 0.909 bits per heavy atom. The van der Waals surface area contributed by atoms with E-state index in [9.17, 15) is 39.3 Å². The number of nitrogens with two attached hydrogens (primary N) is 2. The first-order chi connectivity index (χ1) is 15.5. The normalized spacial score (nSPS) is 14.3. The summed E-state index contributed by atoms with van der Waals surface area (Å²) in [6.45, 7) is -0.847. The SMILES string of the molecule is NC(=O)CC(N)C(=O)NC(CO)C(=O)NC(CS)C(=O)NC(Cc1ccc(O)cc1)C(=O)O. The van der Waals surface area contributed by atoms with Crippen molar-refractivity contribution in [2.75, 3.05) is 12.4 Å². The predicted octanol–water partition coefficient (Wildman–Crippen LogP) is -3.40. The third-order valence-corrected chi connectivity index (χ3v) is 4.74. The second kappa shape index (κ2) is 13.2. The molecule has 0 fully saturated rings. The number of rotatable bonds is 13. The molecule has 4 amide bonds. The summed E-state index contributed by atoms with van der Waals surface area (Å²) in [6, 6.07) is 0.230. The molecule has 14 heteroatoms. The first-order valence-corrected chi connectivity index (χ1v) is 10.3. The highest BCUT2D eigenvalue weighted by Crippen LogP contribution is 2.11. The number of hydrogen-bond acceptors (Lipinski definition) is 9. The van der Waals surface area contributed by atoms with Gasteiger partial charge in [-0.3, -0.25) is 19.2 Å². The number of carbonyl (C=O) groups excluding carboxylic acids is 4. The van der Waals surface area contributed by atoms with Crippen LogP contribution < -0.4 is 27.4 Å². The van der Waals surface area contributed by atoms with Gasteiger partial charge in [0.1, 0.15) is 23.9 Å². The van der Waals surface area contributed by atoms with Crippen molar-refractivity contribution in [2.45, 2.75) is 37.0 Å². The number of nitrogens with one attached hydrogen (secondary N) is 3. The maximum absolute atomic E-state index is 12.5. The number of phenolic OH excluding ortho intramolecular Hbond substituents is 1. The molecule has 0 aliphatic heterocycles. The van der Waals surface area contributed by atoms with Crippen molar-refractivity contribution >= 4 is 42.2 Å². The van der Waals surface area contributed by atoms with E-state index in [1.165, 1.54) is 24.3 Å². The van der Waals surface area contributed by atoms with Crippen LogP contribution in [0.2, 0.25) is 0 Å². The predicted molar refractivity (Wildman–Crippen MR) is 118 cm³/mol. The van der Waals surface area contributed by atoms with Gasteiger partial charge in [0.2, 0.25) is 23.6 Å². The van der Waals surface area contributed by atoms with Crippen molar-refractivity contribution in [3.05, 3.63) is 29.8 Å². The summed E-state index contributed by atoms with van der Waals surface area (Å²) in [6.07, 6.45) is -0.577. The molecule has 10 N–H and O–H groups in total. The molecule has 0 aliphatic carbocycles. The van der Waals surface area contributed by atoms with Gasteiger partial charge in [-0.2, -0.15) is 12.6 Å². The summed E-state index contributed by atoms with van der Waals surface area (Å²) in [5.41, 5.74) is 11.0. The molecular formula is C19H27N5O8S. The first-order valence-electron chi connectivity index (χ1n) is 9.65. The fourth-order valence-electron chi connectivity index (χ4n) is 2.59. The van der Waals surface area contributed by atoms with E-state index in [-0.39, 0.29) is 17.9 Å². The van der Waals surface area contributed by atoms with Crippen LogP contribution in [-0.4, -0.2) is 81.4 Å². The second-order valence-electron chi connectivity index (χ2n) is 7.03. The molecule has 13 nitrogen and oxygen atoms in total. The average Bonchev–Trinajstić information content (AvgIpc) is 2.75. The van der Waals surface area contributed by atoms with Crippen molar-refractivity contribution in [1.82, 2.24) is 16.0 Å². The lowest BCUT2D eigenvalue weighted by Crippen LogP contribution is -2.58. The van der Waals surface area contributed by atoms with Gasteiger partial charge in [-0.15, -0.1) is 0 Å². The van der Waals surface area contributed by atoms with E-state index in [0.29, 0.717) is 5.56 Å². The highest BCUT2D eigenvalue weighted by atomic mass is 32.1. The Morgan fingerprint density at radius 2 is 1.42 bits per heavy atom. The van der Waals surface area contributed by atoms with Gasteiger partial charge in [0.05, 0.1) is 19.1 Å². The van der Waals surface area contributed by atoms with Gasteiger partial charge < -0.3 is 42.7 Å². The summed E-state index contributed by atoms with van der Waals surface area (Å²) in [4.78, 5) is 59.3. The fourth-order valence-corrected chi connectivity index (χ4v) is 2.85. The summed E-state index contributed by atoms with van der Waals surface area (Å²) in [7, 11) is 0. The molecule has 0 bridgehead atoms. The topological polar surface area (TPSA) is 234 Å². The zero-order chi connectivity index (χ0) is 25.1. The van der Waals surface area contributed by atoms with E-state index in [0.717, 1.165) is 0 Å². The van der Waals surface area contributed by atoms with Gasteiger partial charge >= 0.3 is 5.97 Å². The van der Waals surface area contributed by atoms with Gasteiger partial charge in [0, 0.05) is 12.2 Å². The number of amides is 4. The Balaban J connectivity index is 2.78. The molecular weight excluding hydrogens is 458 g/mol. The van der Waals surface area contributed by atoms with Crippen molar-refractivity contribution in [2.24, 2.45) is 11.5 Å². The lowest BCUT2D eigenvalue weighted by molar-refractivity contribution is -0.142. The van der Waals surface area contributed by atoms with Crippen molar-refractivity contribution in [3.8, 4) is 5.75 Å². The summed E-state index contributed by atoms with van der Waals surface area (Å²) < 4.78 is 0. The maximum atomic E-state index is 12.5. The monoisotopic (exact) mass is 485 g/mol. The van der Waals surface area contributed by atoms with Crippen LogP contribution in [-0.2, 0) is 30.4 Å². The van der Waals surface area contributed by atoms with E-state index in [2.05, 4.69) is 28.6 Å². The minimum atomic E-state index is -1.50. The molecule has 0 spiro atoms. The molecule has 0 aliphatic rings. The first kappa shape index (κ1) is 27.7. The van der Waals surface area contributed by atoms with Gasteiger partial charge in [-0.1, -0.05) is 12.1 Å². The number of aliphatic hydroxyl groups excluding tert-OH is 1. The molecule has 182 valence electrons. The molecule has 0 aromatic heterocycles. The second-order valence-corrected chi connectivity index (χ2v) is 7.40. The molecule has 0 radical (unpaired) electrons. The minimum Gasteiger partial charge on any atom is -0.508 e. The zero-order valence-corrected chi connectivity index (χ0v) is 18.3. The summed E-state index contributed by atoms with van der Waals surface area (Å²) in [5.74, 6) is -5.14. The van der Waals surface area contributed by atoms with Crippen LogP contribution in [0.4, 0.5) is 0 Å². The van der Waals surface area contributed by atoms with Crippen LogP contribution in [0, 0.1) is 0 Å². The van der Waals surface area contributed by atoms with Crippen molar-refractivity contribution in [1.29, 1.82) is 0 Å². The van der Waals surface area contributed by atoms with Crippen LogP contribution in [0.15, 0.2) is 24.3 Å². The Labute approximate surface area is 194 Å². The smallest absolute Gasteiger partial charge is 0.326 e. The Hall–Kier alpha value is -3.36. The third-order valence-electron chi connectivity index (χ3n) is 4.38. The summed E-state index contributed by atoms with van der Waals surface area (Å²) >= 11 is 3.98. The number of thiol groups is 1. The van der Waals surface area contributed by atoms with Crippen molar-refractivity contribution in [3.63, 3.8) is 0 Å². The Morgan fingerprint density at radius 3 is 1.91 bits per heavy atom. The number of carbonyl (C=O) groups is 5. The number of benzene rings is 1. The molecule has 1 rings (SSSR count). The average molecular weight is 486 g/mol. The number of carboxylic acid groups (broad SMARTS) is 1. The molecule has 1 aromatic carbocycles. The van der Waals surface area contributed by atoms with Gasteiger partial charge in [-0.25, -0.2) is 4.79 Å². The largest absolute Gasteiger partial charge is 0.508 e. The van der Waals surface area contributed by atoms with Gasteiger partial charge in [0.15, 0.2) is 0 Å². The quantitative estimate of drug-likeness (QED) is 0.126. The van der Waals surface area contributed by atoms with Crippen LogP contribution in [0.1, 0.15) is 12.0 Å². The maximum Gasteiger partial charge on any atom is 0.326 e. The third kappa shape index (κ3) is 9.34. The number of aliphatic hydroxyl groups is 1. The van der Waals surface area contributed by atoms with E-state index in [1.807, 2.05) is 0 Å². The van der Waals surface area contributed by atoms with E-state index >= 15 is 0 Å². The van der Waals surface area contributed by atoms with Crippen molar-refractivity contribution < 1.29 is 39.3 Å². The Bertz CT molecular complexity index is 866. The standard InChI is InChI=1S/C19H27N5O8S/c20-11(6-15(21)27)16(28)23-13(7-25)17(29)24-14(8-33)18(30)22-12(19(31)32)5-9-1-3-10(26)4-2-9/h1-4,11-14,25-26,33H,5-8,20H2,(H2,21,27)(H,22,30)(H,23,28)(H,24,29)(H,31,32). The molecule has 1 aromatic rings. The van der Waals surface area contributed by atoms with Gasteiger partial charge in [-0.05, 0) is 17.7 Å². The molecule has 33 heavy (non-hydrogen) atoms. The summed E-state index contributed by atoms with van der Waals surface area (Å²) in [5, 5.41) is 34.8. The lowest BCUT2D eigenvalue weighted by atomic mass is 10.1. The fraction of sp³-hybridized carbons (Fsp3) is 0.421.